The van der Waals surface area contributed by atoms with Gasteiger partial charge in [0.1, 0.15) is 5.82 Å². The second-order valence-electron chi connectivity index (χ2n) is 3.38. The smallest absolute Gasteiger partial charge is 0.123 e. The fraction of sp³-hybridized carbons (Fsp3) is 0.455. The van der Waals surface area contributed by atoms with E-state index in [0.717, 1.165) is 0 Å². The molecule has 4 heteroatoms. The van der Waals surface area contributed by atoms with Crippen molar-refractivity contribution in [2.24, 2.45) is 0 Å². The molecule has 0 heterocycles. The van der Waals surface area contributed by atoms with Gasteiger partial charge in [0.15, 0.2) is 0 Å². The molecule has 84 valence electrons. The Bertz CT molecular complexity index is 317. The van der Waals surface area contributed by atoms with E-state index in [2.05, 4.69) is 0 Å². The number of aliphatic hydroxyl groups excluding tert-OH is 1. The van der Waals surface area contributed by atoms with E-state index >= 15 is 0 Å². The number of methoxy groups -OCH3 is 1. The topological polar surface area (TPSA) is 29.5 Å². The SMILES string of the molecule is COCCC(O)Cc1cc(F)ccc1Cl. The Morgan fingerprint density at radius 3 is 2.93 bits per heavy atom. The lowest BCUT2D eigenvalue weighted by molar-refractivity contribution is 0.110. The van der Waals surface area contributed by atoms with Gasteiger partial charge in [-0.3, -0.25) is 0 Å². The van der Waals surface area contributed by atoms with Crippen molar-refractivity contribution in [3.8, 4) is 0 Å². The third kappa shape index (κ3) is 4.16. The number of aliphatic hydroxyl groups is 1. The van der Waals surface area contributed by atoms with Crippen LogP contribution in [-0.2, 0) is 11.2 Å². The van der Waals surface area contributed by atoms with E-state index in [1.807, 2.05) is 0 Å². The minimum absolute atomic E-state index is 0.339. The molecule has 0 saturated carbocycles. The van der Waals surface area contributed by atoms with E-state index in [1.54, 1.807) is 7.11 Å². The van der Waals surface area contributed by atoms with E-state index < -0.39 is 6.10 Å². The van der Waals surface area contributed by atoms with Gasteiger partial charge in [-0.25, -0.2) is 4.39 Å². The van der Waals surface area contributed by atoms with Gasteiger partial charge in [0.25, 0.3) is 0 Å². The Hall–Kier alpha value is -0.640. The molecule has 2 nitrogen and oxygen atoms in total. The van der Waals surface area contributed by atoms with Crippen LogP contribution in [0, 0.1) is 5.82 Å². The molecular weight excluding hydrogens is 219 g/mol. The molecule has 1 atom stereocenters. The lowest BCUT2D eigenvalue weighted by atomic mass is 10.1. The lowest BCUT2D eigenvalue weighted by Gasteiger charge is -2.11. The van der Waals surface area contributed by atoms with Crippen molar-refractivity contribution in [1.29, 1.82) is 0 Å². The number of rotatable bonds is 5. The predicted octanol–water partition coefficient (Wildman–Crippen LogP) is 2.42. The monoisotopic (exact) mass is 232 g/mol. The van der Waals surface area contributed by atoms with Gasteiger partial charge >= 0.3 is 0 Å². The first-order chi connectivity index (χ1) is 7.13. The van der Waals surface area contributed by atoms with Gasteiger partial charge in [-0.2, -0.15) is 0 Å². The second kappa shape index (κ2) is 6.05. The molecule has 1 N–H and O–H groups in total. The first-order valence-electron chi connectivity index (χ1n) is 4.74. The van der Waals surface area contributed by atoms with E-state index in [4.69, 9.17) is 16.3 Å². The van der Waals surface area contributed by atoms with Crippen LogP contribution in [0.3, 0.4) is 0 Å². The van der Waals surface area contributed by atoms with Crippen LogP contribution in [0.4, 0.5) is 4.39 Å². The predicted molar refractivity (Wildman–Crippen MR) is 57.6 cm³/mol. The van der Waals surface area contributed by atoms with Crippen LogP contribution in [-0.4, -0.2) is 24.9 Å². The van der Waals surface area contributed by atoms with Crippen LogP contribution in [0.5, 0.6) is 0 Å². The number of hydrogen-bond acceptors (Lipinski definition) is 2. The van der Waals surface area contributed by atoms with Crippen molar-refractivity contribution >= 4 is 11.6 Å². The summed E-state index contributed by atoms with van der Waals surface area (Å²) in [5, 5.41) is 10.1. The van der Waals surface area contributed by atoms with Crippen LogP contribution < -0.4 is 0 Å². The summed E-state index contributed by atoms with van der Waals surface area (Å²) in [5.74, 6) is -0.339. The van der Waals surface area contributed by atoms with Crippen LogP contribution >= 0.6 is 11.6 Å². The molecule has 1 aromatic carbocycles. The Kier molecular flexibility index (Phi) is 5.02. The number of ether oxygens (including phenoxy) is 1. The summed E-state index contributed by atoms with van der Waals surface area (Å²) >= 11 is 5.87. The van der Waals surface area contributed by atoms with E-state index in [0.29, 0.717) is 30.0 Å². The van der Waals surface area contributed by atoms with Gasteiger partial charge in [0.05, 0.1) is 6.10 Å². The van der Waals surface area contributed by atoms with Gasteiger partial charge in [-0.05, 0) is 30.2 Å². The minimum atomic E-state index is -0.552. The van der Waals surface area contributed by atoms with Crippen molar-refractivity contribution in [2.75, 3.05) is 13.7 Å². The summed E-state index contributed by atoms with van der Waals surface area (Å²) in [4.78, 5) is 0. The highest BCUT2D eigenvalue weighted by atomic mass is 35.5. The highest BCUT2D eigenvalue weighted by molar-refractivity contribution is 6.31. The maximum Gasteiger partial charge on any atom is 0.123 e. The zero-order valence-electron chi connectivity index (χ0n) is 8.54. The number of halogens is 2. The molecule has 0 aromatic heterocycles. The maximum absolute atomic E-state index is 12.9. The second-order valence-corrected chi connectivity index (χ2v) is 3.78. The summed E-state index contributed by atoms with van der Waals surface area (Å²) in [6.45, 7) is 0.480. The molecule has 0 spiro atoms. The molecule has 0 aliphatic carbocycles. The normalized spacial score (nSPS) is 12.8. The van der Waals surface area contributed by atoms with Crippen LogP contribution in [0.25, 0.3) is 0 Å². The fourth-order valence-corrected chi connectivity index (χ4v) is 1.50. The first-order valence-corrected chi connectivity index (χ1v) is 5.12. The van der Waals surface area contributed by atoms with Crippen LogP contribution in [0.1, 0.15) is 12.0 Å². The quantitative estimate of drug-likeness (QED) is 0.845. The molecule has 0 aliphatic heterocycles. The molecule has 0 amide bonds. The third-order valence-corrected chi connectivity index (χ3v) is 2.49. The van der Waals surface area contributed by atoms with Crippen molar-refractivity contribution < 1.29 is 14.2 Å². The van der Waals surface area contributed by atoms with Crippen LogP contribution in [0.2, 0.25) is 5.02 Å². The van der Waals surface area contributed by atoms with E-state index in [-0.39, 0.29) is 5.82 Å². The fourth-order valence-electron chi connectivity index (χ4n) is 1.31. The van der Waals surface area contributed by atoms with Crippen molar-refractivity contribution in [2.45, 2.75) is 18.9 Å². The molecule has 0 aliphatic rings. The molecular formula is C11H14ClFO2. The highest BCUT2D eigenvalue weighted by Gasteiger charge is 2.09. The van der Waals surface area contributed by atoms with E-state index in [9.17, 15) is 9.50 Å². The molecule has 15 heavy (non-hydrogen) atoms. The zero-order valence-corrected chi connectivity index (χ0v) is 9.30. The highest BCUT2D eigenvalue weighted by Crippen LogP contribution is 2.19. The largest absolute Gasteiger partial charge is 0.393 e. The average Bonchev–Trinajstić information content (AvgIpc) is 2.20. The lowest BCUT2D eigenvalue weighted by Crippen LogP contribution is -2.13. The van der Waals surface area contributed by atoms with Gasteiger partial charge < -0.3 is 9.84 Å². The average molecular weight is 233 g/mol. The number of hydrogen-bond donors (Lipinski definition) is 1. The van der Waals surface area contributed by atoms with Crippen molar-refractivity contribution in [3.05, 3.63) is 34.6 Å². The summed E-state index contributed by atoms with van der Waals surface area (Å²) in [5.41, 5.74) is 0.625. The first kappa shape index (κ1) is 12.4. The van der Waals surface area contributed by atoms with Gasteiger partial charge in [0.2, 0.25) is 0 Å². The van der Waals surface area contributed by atoms with E-state index in [1.165, 1.54) is 18.2 Å². The molecule has 0 saturated heterocycles. The Balaban J connectivity index is 2.59. The summed E-state index contributed by atoms with van der Waals surface area (Å²) in [6.07, 6.45) is 0.313. The van der Waals surface area contributed by atoms with Crippen molar-refractivity contribution in [1.82, 2.24) is 0 Å². The zero-order chi connectivity index (χ0) is 11.3. The Morgan fingerprint density at radius 1 is 1.53 bits per heavy atom. The minimum Gasteiger partial charge on any atom is -0.393 e. The van der Waals surface area contributed by atoms with Gasteiger partial charge in [-0.15, -0.1) is 0 Å². The summed E-state index contributed by atoms with van der Waals surface area (Å²) in [7, 11) is 1.57. The number of benzene rings is 1. The van der Waals surface area contributed by atoms with Crippen LogP contribution in [0.15, 0.2) is 18.2 Å². The third-order valence-electron chi connectivity index (χ3n) is 2.12. The van der Waals surface area contributed by atoms with Gasteiger partial charge in [-0.1, -0.05) is 11.6 Å². The van der Waals surface area contributed by atoms with Gasteiger partial charge in [0, 0.05) is 25.2 Å². The molecule has 1 rings (SSSR count). The maximum atomic E-state index is 12.9. The Morgan fingerprint density at radius 2 is 2.27 bits per heavy atom. The summed E-state index contributed by atoms with van der Waals surface area (Å²) in [6, 6.07) is 4.14. The Labute approximate surface area is 93.6 Å². The van der Waals surface area contributed by atoms with Crippen molar-refractivity contribution in [3.63, 3.8) is 0 Å². The molecule has 1 aromatic rings. The standard InChI is InChI=1S/C11H14ClFO2/c1-15-5-4-10(14)7-8-6-9(13)2-3-11(8)12/h2-3,6,10,14H,4-5,7H2,1H3. The molecule has 0 bridgehead atoms. The molecule has 0 radical (unpaired) electrons. The summed E-state index contributed by atoms with van der Waals surface area (Å²) < 4.78 is 17.7. The molecule has 0 fully saturated rings. The molecule has 1 unspecified atom stereocenters.